The van der Waals surface area contributed by atoms with Gasteiger partial charge in [-0.2, -0.15) is 13.2 Å². The fourth-order valence-corrected chi connectivity index (χ4v) is 1.71. The molecule has 0 aliphatic rings. The van der Waals surface area contributed by atoms with Crippen molar-refractivity contribution in [3.05, 3.63) is 47.2 Å². The molecule has 22 heavy (non-hydrogen) atoms. The first-order chi connectivity index (χ1) is 10.3. The Morgan fingerprint density at radius 1 is 1.27 bits per heavy atom. The second kappa shape index (κ2) is 6.10. The Hall–Kier alpha value is -2.48. The van der Waals surface area contributed by atoms with Crippen LogP contribution in [-0.4, -0.2) is 11.0 Å². The number of aromatic nitrogens is 1. The minimum absolute atomic E-state index is 0.0229. The number of nitrogens with zero attached hydrogens (tertiary/aromatic N) is 1. The van der Waals surface area contributed by atoms with E-state index in [1.807, 2.05) is 0 Å². The van der Waals surface area contributed by atoms with Gasteiger partial charge in [0.1, 0.15) is 11.4 Å². The molecule has 0 aliphatic heterocycles. The maximum atomic E-state index is 12.5. The molecule has 0 fully saturated rings. The molecule has 3 N–H and O–H groups in total. The number of halogens is 4. The summed E-state index contributed by atoms with van der Waals surface area (Å²) in [6, 6.07) is 5.94. The molecule has 0 atom stereocenters. The van der Waals surface area contributed by atoms with Crippen molar-refractivity contribution in [2.75, 3.05) is 5.32 Å². The van der Waals surface area contributed by atoms with E-state index >= 15 is 0 Å². The highest BCUT2D eigenvalue weighted by Gasteiger charge is 2.33. The normalized spacial score (nSPS) is 11.1. The molecular weight excluding hydrogens is 323 g/mol. The lowest BCUT2D eigenvalue weighted by Crippen LogP contribution is -2.19. The molecule has 1 heterocycles. The molecular formula is C13H9ClF3N3O2. The summed E-state index contributed by atoms with van der Waals surface area (Å²) >= 11 is 5.75. The van der Waals surface area contributed by atoms with E-state index in [1.54, 1.807) is 0 Å². The van der Waals surface area contributed by atoms with Crippen molar-refractivity contribution < 1.29 is 22.7 Å². The minimum Gasteiger partial charge on any atom is -0.454 e. The molecule has 0 radical (unpaired) electrons. The SMILES string of the molecule is NC(=O)Nc1ccc(Oc2cnc(C(F)(F)F)cc2Cl)cc1. The zero-order chi connectivity index (χ0) is 16.3. The van der Waals surface area contributed by atoms with Gasteiger partial charge in [-0.15, -0.1) is 0 Å². The van der Waals surface area contributed by atoms with E-state index in [1.165, 1.54) is 24.3 Å². The average molecular weight is 332 g/mol. The molecule has 0 bridgehead atoms. The maximum Gasteiger partial charge on any atom is 0.433 e. The van der Waals surface area contributed by atoms with Gasteiger partial charge in [0.2, 0.25) is 0 Å². The van der Waals surface area contributed by atoms with Crippen LogP contribution in [0.1, 0.15) is 5.69 Å². The molecule has 0 saturated carbocycles. The van der Waals surface area contributed by atoms with Crippen molar-refractivity contribution in [3.63, 3.8) is 0 Å². The zero-order valence-corrected chi connectivity index (χ0v) is 11.6. The smallest absolute Gasteiger partial charge is 0.433 e. The summed E-state index contributed by atoms with van der Waals surface area (Å²) in [5, 5.41) is 2.13. The van der Waals surface area contributed by atoms with Crippen molar-refractivity contribution in [2.24, 2.45) is 5.73 Å². The van der Waals surface area contributed by atoms with E-state index in [9.17, 15) is 18.0 Å². The summed E-state index contributed by atoms with van der Waals surface area (Å²) in [6.07, 6.45) is -3.69. The second-order valence-corrected chi connectivity index (χ2v) is 4.52. The monoisotopic (exact) mass is 331 g/mol. The van der Waals surface area contributed by atoms with Gasteiger partial charge >= 0.3 is 12.2 Å². The van der Waals surface area contributed by atoms with E-state index in [4.69, 9.17) is 22.1 Å². The van der Waals surface area contributed by atoms with E-state index in [2.05, 4.69) is 10.3 Å². The molecule has 2 rings (SSSR count). The lowest BCUT2D eigenvalue weighted by atomic mass is 10.3. The fraction of sp³-hybridized carbons (Fsp3) is 0.0769. The number of nitrogens with two attached hydrogens (primary N) is 1. The number of alkyl halides is 3. The predicted octanol–water partition coefficient (Wildman–Crippen LogP) is 4.04. The van der Waals surface area contributed by atoms with Crippen LogP contribution in [-0.2, 0) is 6.18 Å². The number of rotatable bonds is 3. The van der Waals surface area contributed by atoms with Crippen LogP contribution in [0.4, 0.5) is 23.7 Å². The van der Waals surface area contributed by atoms with Crippen molar-refractivity contribution in [1.29, 1.82) is 0 Å². The van der Waals surface area contributed by atoms with Crippen molar-refractivity contribution in [3.8, 4) is 11.5 Å². The summed E-state index contributed by atoms with van der Waals surface area (Å²) in [5.74, 6) is 0.281. The number of amides is 2. The molecule has 1 aromatic carbocycles. The number of nitrogens with one attached hydrogen (secondary N) is 1. The third-order valence-electron chi connectivity index (χ3n) is 2.46. The van der Waals surface area contributed by atoms with Crippen molar-refractivity contribution in [2.45, 2.75) is 6.18 Å². The molecule has 1 aromatic heterocycles. The number of hydrogen-bond donors (Lipinski definition) is 2. The first kappa shape index (κ1) is 15.9. The number of anilines is 1. The summed E-state index contributed by atoms with van der Waals surface area (Å²) in [6.45, 7) is 0. The summed E-state index contributed by atoms with van der Waals surface area (Å²) in [4.78, 5) is 13.9. The standard InChI is InChI=1S/C13H9ClF3N3O2/c14-9-5-11(13(15,16)17)19-6-10(9)22-8-3-1-7(2-4-8)20-12(18)21/h1-6H,(H3,18,20,21). The van der Waals surface area contributed by atoms with Crippen molar-refractivity contribution >= 4 is 23.3 Å². The van der Waals surface area contributed by atoms with Gasteiger partial charge in [-0.1, -0.05) is 11.6 Å². The Morgan fingerprint density at radius 2 is 1.91 bits per heavy atom. The molecule has 0 saturated heterocycles. The summed E-state index contributed by atoms with van der Waals surface area (Å²) in [5.41, 5.74) is 4.29. The van der Waals surface area contributed by atoms with Crippen LogP contribution < -0.4 is 15.8 Å². The predicted molar refractivity (Wildman–Crippen MR) is 74.0 cm³/mol. The van der Waals surface area contributed by atoms with Crippen LogP contribution >= 0.6 is 11.6 Å². The molecule has 0 unspecified atom stereocenters. The number of ether oxygens (including phenoxy) is 1. The Kier molecular flexibility index (Phi) is 4.41. The van der Waals surface area contributed by atoms with Gasteiger partial charge in [-0.3, -0.25) is 0 Å². The Morgan fingerprint density at radius 3 is 2.41 bits per heavy atom. The highest BCUT2D eigenvalue weighted by Crippen LogP contribution is 2.34. The van der Waals surface area contributed by atoms with Gasteiger partial charge in [0.15, 0.2) is 5.75 Å². The van der Waals surface area contributed by atoms with Crippen LogP contribution in [0.3, 0.4) is 0 Å². The van der Waals surface area contributed by atoms with Gasteiger partial charge in [0.05, 0.1) is 11.2 Å². The lowest BCUT2D eigenvalue weighted by Gasteiger charge is -2.10. The van der Waals surface area contributed by atoms with E-state index < -0.39 is 17.9 Å². The third kappa shape index (κ3) is 4.01. The third-order valence-corrected chi connectivity index (χ3v) is 2.76. The quantitative estimate of drug-likeness (QED) is 0.891. The molecule has 9 heteroatoms. The number of carbonyl (C=O) groups excluding carboxylic acids is 1. The Balaban J connectivity index is 2.15. The number of pyridine rings is 1. The van der Waals surface area contributed by atoms with Crippen molar-refractivity contribution in [1.82, 2.24) is 4.98 Å². The number of carbonyl (C=O) groups is 1. The first-order valence-corrected chi connectivity index (χ1v) is 6.20. The van der Waals surface area contributed by atoms with Gasteiger partial charge < -0.3 is 15.8 Å². The minimum atomic E-state index is -4.58. The Bertz CT molecular complexity index is 690. The van der Waals surface area contributed by atoms with E-state index in [0.29, 0.717) is 17.5 Å². The molecule has 116 valence electrons. The summed E-state index contributed by atoms with van der Waals surface area (Å²) in [7, 11) is 0. The highest BCUT2D eigenvalue weighted by molar-refractivity contribution is 6.32. The highest BCUT2D eigenvalue weighted by atomic mass is 35.5. The number of hydrogen-bond acceptors (Lipinski definition) is 3. The molecule has 2 amide bonds. The topological polar surface area (TPSA) is 77.2 Å². The van der Waals surface area contributed by atoms with Gasteiger partial charge in [-0.25, -0.2) is 9.78 Å². The van der Waals surface area contributed by atoms with E-state index in [-0.39, 0.29) is 10.8 Å². The van der Waals surface area contributed by atoms with Crippen LogP contribution in [0.15, 0.2) is 36.5 Å². The Labute approximate surface area is 127 Å². The number of primary amides is 1. The van der Waals surface area contributed by atoms with Gasteiger partial charge in [0, 0.05) is 5.69 Å². The maximum absolute atomic E-state index is 12.5. The van der Waals surface area contributed by atoms with Gasteiger partial charge in [0.25, 0.3) is 0 Å². The molecule has 2 aromatic rings. The van der Waals surface area contributed by atoms with Crippen LogP contribution in [0.25, 0.3) is 0 Å². The van der Waals surface area contributed by atoms with Crippen LogP contribution in [0.2, 0.25) is 5.02 Å². The average Bonchev–Trinajstić information content (AvgIpc) is 2.41. The van der Waals surface area contributed by atoms with Crippen LogP contribution in [0, 0.1) is 0 Å². The second-order valence-electron chi connectivity index (χ2n) is 4.11. The number of urea groups is 1. The van der Waals surface area contributed by atoms with Gasteiger partial charge in [-0.05, 0) is 30.3 Å². The van der Waals surface area contributed by atoms with Crippen LogP contribution in [0.5, 0.6) is 11.5 Å². The van der Waals surface area contributed by atoms with E-state index in [0.717, 1.165) is 6.20 Å². The largest absolute Gasteiger partial charge is 0.454 e. The lowest BCUT2D eigenvalue weighted by molar-refractivity contribution is -0.141. The molecule has 0 aliphatic carbocycles. The fourth-order valence-electron chi connectivity index (χ4n) is 1.52. The molecule has 5 nitrogen and oxygen atoms in total. The first-order valence-electron chi connectivity index (χ1n) is 5.83. The summed E-state index contributed by atoms with van der Waals surface area (Å²) < 4.78 is 42.7. The molecule has 0 spiro atoms. The number of benzene rings is 1. The zero-order valence-electron chi connectivity index (χ0n) is 10.8.